The van der Waals surface area contributed by atoms with Crippen molar-refractivity contribution in [2.75, 3.05) is 6.54 Å². The van der Waals surface area contributed by atoms with E-state index in [2.05, 4.69) is 24.3 Å². The molecule has 2 N–H and O–H groups in total. The molecule has 1 unspecified atom stereocenters. The van der Waals surface area contributed by atoms with Crippen molar-refractivity contribution in [2.45, 2.75) is 38.0 Å². The summed E-state index contributed by atoms with van der Waals surface area (Å²) in [5.41, 5.74) is 8.73. The van der Waals surface area contributed by atoms with Crippen molar-refractivity contribution >= 4 is 0 Å². The van der Waals surface area contributed by atoms with E-state index >= 15 is 0 Å². The molecule has 0 radical (unpaired) electrons. The van der Waals surface area contributed by atoms with E-state index in [0.717, 1.165) is 12.5 Å². The van der Waals surface area contributed by atoms with E-state index in [9.17, 15) is 0 Å². The fourth-order valence-electron chi connectivity index (χ4n) is 2.52. The van der Waals surface area contributed by atoms with E-state index in [0.29, 0.717) is 0 Å². The SMILES string of the molecule is NCCCC1CCCc2ccccc21. The third-order valence-corrected chi connectivity index (χ3v) is 3.25. The Morgan fingerprint density at radius 2 is 2.14 bits per heavy atom. The van der Waals surface area contributed by atoms with Gasteiger partial charge in [0.15, 0.2) is 0 Å². The van der Waals surface area contributed by atoms with Gasteiger partial charge in [0.25, 0.3) is 0 Å². The highest BCUT2D eigenvalue weighted by atomic mass is 14.5. The number of benzene rings is 1. The first kappa shape index (κ1) is 9.72. The van der Waals surface area contributed by atoms with Crippen LogP contribution in [-0.4, -0.2) is 6.54 Å². The topological polar surface area (TPSA) is 26.0 Å². The second-order valence-electron chi connectivity index (χ2n) is 4.22. The smallest absolute Gasteiger partial charge is 0.00771 e. The highest BCUT2D eigenvalue weighted by Crippen LogP contribution is 2.34. The maximum atomic E-state index is 5.57. The molecule has 1 aliphatic rings. The molecule has 0 saturated carbocycles. The fraction of sp³-hybridized carbons (Fsp3) is 0.538. The molecule has 0 bridgehead atoms. The lowest BCUT2D eigenvalue weighted by atomic mass is 9.80. The van der Waals surface area contributed by atoms with E-state index in [1.165, 1.54) is 32.1 Å². The molecule has 0 saturated heterocycles. The molecule has 0 spiro atoms. The quantitative estimate of drug-likeness (QED) is 0.777. The Labute approximate surface area is 86.3 Å². The van der Waals surface area contributed by atoms with Crippen molar-refractivity contribution in [2.24, 2.45) is 5.73 Å². The Morgan fingerprint density at radius 3 is 3.00 bits per heavy atom. The Bertz CT molecular complexity index is 293. The summed E-state index contributed by atoms with van der Waals surface area (Å²) < 4.78 is 0. The van der Waals surface area contributed by atoms with E-state index in [4.69, 9.17) is 5.73 Å². The predicted octanol–water partition coefficient (Wildman–Crippen LogP) is 2.85. The predicted molar refractivity (Wildman–Crippen MR) is 60.4 cm³/mol. The van der Waals surface area contributed by atoms with Crippen LogP contribution < -0.4 is 5.73 Å². The van der Waals surface area contributed by atoms with Gasteiger partial charge in [-0.25, -0.2) is 0 Å². The summed E-state index contributed by atoms with van der Waals surface area (Å²) in [6.45, 7) is 0.832. The molecule has 2 rings (SSSR count). The minimum absolute atomic E-state index is 0.781. The van der Waals surface area contributed by atoms with Crippen molar-refractivity contribution in [3.05, 3.63) is 35.4 Å². The van der Waals surface area contributed by atoms with Crippen LogP contribution in [0.3, 0.4) is 0 Å². The van der Waals surface area contributed by atoms with Crippen LogP contribution in [0.15, 0.2) is 24.3 Å². The molecular formula is C13H19N. The highest BCUT2D eigenvalue weighted by Gasteiger charge is 2.18. The molecule has 14 heavy (non-hydrogen) atoms. The number of aryl methyl sites for hydroxylation is 1. The van der Waals surface area contributed by atoms with Crippen LogP contribution in [0, 0.1) is 0 Å². The Kier molecular flexibility index (Phi) is 3.20. The molecule has 1 aliphatic carbocycles. The lowest BCUT2D eigenvalue weighted by Crippen LogP contribution is -2.11. The van der Waals surface area contributed by atoms with Crippen LogP contribution in [0.2, 0.25) is 0 Å². The zero-order valence-electron chi connectivity index (χ0n) is 8.71. The van der Waals surface area contributed by atoms with Crippen molar-refractivity contribution in [3.63, 3.8) is 0 Å². The monoisotopic (exact) mass is 189 g/mol. The zero-order chi connectivity index (χ0) is 9.80. The lowest BCUT2D eigenvalue weighted by molar-refractivity contribution is 0.508. The van der Waals surface area contributed by atoms with Gasteiger partial charge in [0.1, 0.15) is 0 Å². The van der Waals surface area contributed by atoms with Gasteiger partial charge in [-0.3, -0.25) is 0 Å². The normalized spacial score (nSPS) is 20.5. The van der Waals surface area contributed by atoms with Crippen LogP contribution >= 0.6 is 0 Å². The molecule has 0 heterocycles. The maximum Gasteiger partial charge on any atom is -0.00771 e. The Morgan fingerprint density at radius 1 is 1.29 bits per heavy atom. The molecule has 1 aromatic rings. The van der Waals surface area contributed by atoms with Crippen LogP contribution in [0.4, 0.5) is 0 Å². The molecule has 0 amide bonds. The average molecular weight is 189 g/mol. The maximum absolute atomic E-state index is 5.57. The van der Waals surface area contributed by atoms with Crippen molar-refractivity contribution in [1.82, 2.24) is 0 Å². The number of fused-ring (bicyclic) bond motifs is 1. The molecule has 76 valence electrons. The highest BCUT2D eigenvalue weighted by molar-refractivity contribution is 5.32. The Balaban J connectivity index is 2.14. The van der Waals surface area contributed by atoms with Gasteiger partial charge < -0.3 is 5.73 Å². The zero-order valence-corrected chi connectivity index (χ0v) is 8.71. The summed E-state index contributed by atoms with van der Waals surface area (Å²) in [7, 11) is 0. The molecule has 1 aromatic carbocycles. The summed E-state index contributed by atoms with van der Waals surface area (Å²) in [6.07, 6.45) is 6.42. The standard InChI is InChI=1S/C13H19N/c14-10-4-8-12-7-3-6-11-5-1-2-9-13(11)12/h1-2,5,9,12H,3-4,6-8,10,14H2. The van der Waals surface area contributed by atoms with Gasteiger partial charge in [0.2, 0.25) is 0 Å². The van der Waals surface area contributed by atoms with Crippen molar-refractivity contribution in [3.8, 4) is 0 Å². The number of hydrogen-bond acceptors (Lipinski definition) is 1. The molecule has 1 nitrogen and oxygen atoms in total. The third-order valence-electron chi connectivity index (χ3n) is 3.25. The summed E-state index contributed by atoms with van der Waals surface area (Å²) >= 11 is 0. The van der Waals surface area contributed by atoms with E-state index in [-0.39, 0.29) is 0 Å². The molecule has 0 aliphatic heterocycles. The van der Waals surface area contributed by atoms with Gasteiger partial charge in [-0.2, -0.15) is 0 Å². The summed E-state index contributed by atoms with van der Waals surface area (Å²) in [5, 5.41) is 0. The number of rotatable bonds is 3. The molecule has 0 aromatic heterocycles. The van der Waals surface area contributed by atoms with Crippen LogP contribution in [0.1, 0.15) is 42.7 Å². The Hall–Kier alpha value is -0.820. The largest absolute Gasteiger partial charge is 0.330 e. The third kappa shape index (κ3) is 1.98. The molecular weight excluding hydrogens is 170 g/mol. The number of hydrogen-bond donors (Lipinski definition) is 1. The lowest BCUT2D eigenvalue weighted by Gasteiger charge is -2.25. The molecule has 0 fully saturated rings. The van der Waals surface area contributed by atoms with E-state index in [1.807, 2.05) is 0 Å². The molecule has 1 atom stereocenters. The summed E-state index contributed by atoms with van der Waals surface area (Å²) in [5.74, 6) is 0.781. The van der Waals surface area contributed by atoms with E-state index < -0.39 is 0 Å². The van der Waals surface area contributed by atoms with Gasteiger partial charge in [-0.1, -0.05) is 24.3 Å². The van der Waals surface area contributed by atoms with E-state index in [1.54, 1.807) is 11.1 Å². The first-order chi connectivity index (χ1) is 6.92. The number of nitrogens with two attached hydrogens (primary N) is 1. The minimum Gasteiger partial charge on any atom is -0.330 e. The summed E-state index contributed by atoms with van der Waals surface area (Å²) in [6, 6.07) is 8.91. The molecule has 1 heteroatoms. The second-order valence-corrected chi connectivity index (χ2v) is 4.22. The van der Waals surface area contributed by atoms with Crippen LogP contribution in [0.25, 0.3) is 0 Å². The average Bonchev–Trinajstić information content (AvgIpc) is 2.26. The first-order valence-corrected chi connectivity index (χ1v) is 5.69. The summed E-state index contributed by atoms with van der Waals surface area (Å²) in [4.78, 5) is 0. The fourth-order valence-corrected chi connectivity index (χ4v) is 2.52. The van der Waals surface area contributed by atoms with Crippen molar-refractivity contribution < 1.29 is 0 Å². The second kappa shape index (κ2) is 4.61. The first-order valence-electron chi connectivity index (χ1n) is 5.69. The van der Waals surface area contributed by atoms with Gasteiger partial charge in [-0.15, -0.1) is 0 Å². The van der Waals surface area contributed by atoms with Gasteiger partial charge in [0.05, 0.1) is 0 Å². The van der Waals surface area contributed by atoms with Gasteiger partial charge in [0, 0.05) is 0 Å². The minimum atomic E-state index is 0.781. The van der Waals surface area contributed by atoms with Crippen molar-refractivity contribution in [1.29, 1.82) is 0 Å². The van der Waals surface area contributed by atoms with Gasteiger partial charge >= 0.3 is 0 Å². The van der Waals surface area contributed by atoms with Crippen LogP contribution in [-0.2, 0) is 6.42 Å². The van der Waals surface area contributed by atoms with Gasteiger partial charge in [-0.05, 0) is 55.7 Å². The van der Waals surface area contributed by atoms with Crippen LogP contribution in [0.5, 0.6) is 0 Å².